The molecule has 1 unspecified atom stereocenters. The van der Waals surface area contributed by atoms with Crippen LogP contribution in [0.3, 0.4) is 0 Å². The molecule has 7 nitrogen and oxygen atoms in total. The first kappa shape index (κ1) is 23.3. The highest BCUT2D eigenvalue weighted by molar-refractivity contribution is 5.44. The Morgan fingerprint density at radius 2 is 1.85 bits per heavy atom. The fraction of sp³-hybridized carbons (Fsp3) is 0.423. The summed E-state index contributed by atoms with van der Waals surface area (Å²) in [5, 5.41) is 15.3. The third kappa shape index (κ3) is 5.74. The average molecular weight is 452 g/mol. The number of benzene rings is 2. The van der Waals surface area contributed by atoms with Gasteiger partial charge in [0.05, 0.1) is 36.8 Å². The van der Waals surface area contributed by atoms with Crippen molar-refractivity contribution in [3.05, 3.63) is 65.9 Å². The molecule has 1 aromatic heterocycles. The molecule has 176 valence electrons. The van der Waals surface area contributed by atoms with E-state index in [1.807, 2.05) is 59.3 Å². The second-order valence-corrected chi connectivity index (χ2v) is 8.38. The molecule has 0 aliphatic heterocycles. The van der Waals surface area contributed by atoms with Crippen molar-refractivity contribution in [1.82, 2.24) is 14.7 Å². The molecule has 0 amide bonds. The van der Waals surface area contributed by atoms with Crippen molar-refractivity contribution in [3.8, 4) is 23.1 Å². The second-order valence-electron chi connectivity index (χ2n) is 8.38. The third-order valence-corrected chi connectivity index (χ3v) is 5.84. The second kappa shape index (κ2) is 10.8. The Labute approximate surface area is 195 Å². The highest BCUT2D eigenvalue weighted by atomic mass is 16.5. The summed E-state index contributed by atoms with van der Waals surface area (Å²) < 4.78 is 18.9. The van der Waals surface area contributed by atoms with Crippen molar-refractivity contribution in [3.63, 3.8) is 0 Å². The maximum atomic E-state index is 10.4. The molecule has 0 saturated heterocycles. The topological polar surface area (TPSA) is 69.0 Å². The quantitative estimate of drug-likeness (QED) is 0.445. The van der Waals surface area contributed by atoms with Gasteiger partial charge < -0.3 is 19.3 Å². The fourth-order valence-corrected chi connectivity index (χ4v) is 4.05. The van der Waals surface area contributed by atoms with Crippen molar-refractivity contribution in [2.75, 3.05) is 27.4 Å². The zero-order chi connectivity index (χ0) is 23.2. The van der Waals surface area contributed by atoms with Gasteiger partial charge in [-0.15, -0.1) is 0 Å². The molecular formula is C26H33N3O4. The first-order valence-corrected chi connectivity index (χ1v) is 11.5. The largest absolute Gasteiger partial charge is 0.497 e. The molecule has 1 heterocycles. The van der Waals surface area contributed by atoms with Gasteiger partial charge in [0.15, 0.2) is 0 Å². The van der Waals surface area contributed by atoms with Crippen LogP contribution in [0.5, 0.6) is 17.4 Å². The van der Waals surface area contributed by atoms with Gasteiger partial charge in [0.2, 0.25) is 5.88 Å². The molecule has 1 N–H and O–H groups in total. The van der Waals surface area contributed by atoms with Gasteiger partial charge >= 0.3 is 0 Å². The lowest BCUT2D eigenvalue weighted by molar-refractivity contribution is 0.0335. The van der Waals surface area contributed by atoms with Crippen LogP contribution in [0.25, 0.3) is 5.69 Å². The Kier molecular flexibility index (Phi) is 7.65. The Hall–Kier alpha value is -2.87. The van der Waals surface area contributed by atoms with E-state index in [9.17, 15) is 5.11 Å². The van der Waals surface area contributed by atoms with Crippen molar-refractivity contribution >= 4 is 0 Å². The molecule has 4 rings (SSSR count). The molecule has 1 fully saturated rings. The van der Waals surface area contributed by atoms with Gasteiger partial charge in [-0.25, -0.2) is 4.68 Å². The number of aliphatic hydroxyl groups is 1. The van der Waals surface area contributed by atoms with Gasteiger partial charge in [0, 0.05) is 32.3 Å². The smallest absolute Gasteiger partial charge is 0.227 e. The van der Waals surface area contributed by atoms with E-state index in [1.165, 1.54) is 0 Å². The van der Waals surface area contributed by atoms with Gasteiger partial charge in [0.1, 0.15) is 11.5 Å². The Bertz CT molecular complexity index is 1030. The minimum atomic E-state index is -0.535. The highest BCUT2D eigenvalue weighted by Crippen LogP contribution is 2.36. The lowest BCUT2D eigenvalue weighted by atomic mass is 10.1. The maximum absolute atomic E-state index is 10.4. The number of hydrogen-bond acceptors (Lipinski definition) is 6. The zero-order valence-electron chi connectivity index (χ0n) is 19.6. The fourth-order valence-electron chi connectivity index (χ4n) is 4.05. The van der Waals surface area contributed by atoms with E-state index < -0.39 is 6.10 Å². The number of aryl methyl sites for hydroxylation is 1. The van der Waals surface area contributed by atoms with Gasteiger partial charge in [0.25, 0.3) is 0 Å². The van der Waals surface area contributed by atoms with E-state index in [2.05, 4.69) is 11.8 Å². The summed E-state index contributed by atoms with van der Waals surface area (Å²) in [6.45, 7) is 3.63. The van der Waals surface area contributed by atoms with E-state index >= 15 is 0 Å². The van der Waals surface area contributed by atoms with Crippen molar-refractivity contribution in [2.45, 2.75) is 44.9 Å². The number of aliphatic hydroxyl groups excluding tert-OH is 1. The van der Waals surface area contributed by atoms with Crippen LogP contribution in [0.1, 0.15) is 31.0 Å². The molecule has 33 heavy (non-hydrogen) atoms. The number of methoxy groups -OCH3 is 2. The predicted octanol–water partition coefficient (Wildman–Crippen LogP) is 4.21. The van der Waals surface area contributed by atoms with Crippen molar-refractivity contribution in [2.24, 2.45) is 0 Å². The van der Waals surface area contributed by atoms with Gasteiger partial charge in [-0.05, 0) is 43.5 Å². The number of rotatable bonds is 12. The van der Waals surface area contributed by atoms with Crippen molar-refractivity contribution < 1.29 is 19.3 Å². The summed E-state index contributed by atoms with van der Waals surface area (Å²) in [6.07, 6.45) is 2.52. The Morgan fingerprint density at radius 1 is 1.09 bits per heavy atom. The summed E-state index contributed by atoms with van der Waals surface area (Å²) in [7, 11) is 3.26. The van der Waals surface area contributed by atoms with Gasteiger partial charge in [-0.1, -0.05) is 31.2 Å². The summed E-state index contributed by atoms with van der Waals surface area (Å²) in [4.78, 5) is 2.33. The van der Waals surface area contributed by atoms with E-state index in [1.54, 1.807) is 14.2 Å². The van der Waals surface area contributed by atoms with Gasteiger partial charge in [-0.3, -0.25) is 4.90 Å². The molecule has 2 aromatic carbocycles. The standard InChI is InChI=1S/C26H33N3O4/c1-4-25-24(17-28(19-13-14-19)16-21(30)18-31-2)26(29(27-25)20-9-6-5-7-10-20)33-23-12-8-11-22(15-23)32-3/h5-12,15,19,21,30H,4,13-14,16-18H2,1-3H3. The molecule has 7 heteroatoms. The molecule has 0 radical (unpaired) electrons. The van der Waals surface area contributed by atoms with E-state index in [4.69, 9.17) is 19.3 Å². The molecule has 1 atom stereocenters. The Balaban J connectivity index is 1.73. The van der Waals surface area contributed by atoms with Crippen LogP contribution in [0.2, 0.25) is 0 Å². The summed E-state index contributed by atoms with van der Waals surface area (Å²) in [5.41, 5.74) is 2.97. The lowest BCUT2D eigenvalue weighted by Crippen LogP contribution is -2.36. The van der Waals surface area contributed by atoms with Crippen LogP contribution in [0.4, 0.5) is 0 Å². The normalized spacial score (nSPS) is 14.5. The monoisotopic (exact) mass is 451 g/mol. The van der Waals surface area contributed by atoms with Crippen molar-refractivity contribution in [1.29, 1.82) is 0 Å². The summed E-state index contributed by atoms with van der Waals surface area (Å²) in [5.74, 6) is 2.11. The molecular weight excluding hydrogens is 418 g/mol. The molecule has 1 aliphatic carbocycles. The number of nitrogens with zero attached hydrogens (tertiary/aromatic N) is 3. The summed E-state index contributed by atoms with van der Waals surface area (Å²) >= 11 is 0. The van der Waals surface area contributed by atoms with Crippen LogP contribution in [-0.4, -0.2) is 59.3 Å². The average Bonchev–Trinajstić information content (AvgIpc) is 3.63. The minimum absolute atomic E-state index is 0.320. The maximum Gasteiger partial charge on any atom is 0.227 e. The molecule has 3 aromatic rings. The zero-order valence-corrected chi connectivity index (χ0v) is 19.6. The third-order valence-electron chi connectivity index (χ3n) is 5.84. The Morgan fingerprint density at radius 3 is 2.52 bits per heavy atom. The first-order chi connectivity index (χ1) is 16.1. The van der Waals surface area contributed by atoms with Crippen LogP contribution in [0, 0.1) is 0 Å². The predicted molar refractivity (Wildman–Crippen MR) is 127 cm³/mol. The van der Waals surface area contributed by atoms with Crippen LogP contribution in [0.15, 0.2) is 54.6 Å². The molecule has 0 bridgehead atoms. The van der Waals surface area contributed by atoms with E-state index in [0.717, 1.165) is 42.0 Å². The van der Waals surface area contributed by atoms with E-state index in [-0.39, 0.29) is 0 Å². The lowest BCUT2D eigenvalue weighted by Gasteiger charge is -2.25. The first-order valence-electron chi connectivity index (χ1n) is 11.5. The number of ether oxygens (including phenoxy) is 3. The highest BCUT2D eigenvalue weighted by Gasteiger charge is 2.33. The SMILES string of the molecule is CCc1nn(-c2ccccc2)c(Oc2cccc(OC)c2)c1CN(CC(O)COC)C1CC1. The molecule has 1 saturated carbocycles. The molecule has 0 spiro atoms. The number of aromatic nitrogens is 2. The molecule has 1 aliphatic rings. The van der Waals surface area contributed by atoms with Crippen LogP contribution >= 0.6 is 0 Å². The van der Waals surface area contributed by atoms with E-state index in [0.29, 0.717) is 37.4 Å². The summed E-state index contributed by atoms with van der Waals surface area (Å²) in [6, 6.07) is 18.1. The number of hydrogen-bond donors (Lipinski definition) is 1. The van der Waals surface area contributed by atoms with Crippen LogP contribution < -0.4 is 9.47 Å². The number of para-hydroxylation sites is 1. The minimum Gasteiger partial charge on any atom is -0.497 e. The van der Waals surface area contributed by atoms with Gasteiger partial charge in [-0.2, -0.15) is 5.10 Å². The van der Waals surface area contributed by atoms with Crippen LogP contribution in [-0.2, 0) is 17.7 Å².